The Hall–Kier alpha value is -0.940. The summed E-state index contributed by atoms with van der Waals surface area (Å²) in [4.78, 5) is 26.6. The van der Waals surface area contributed by atoms with Crippen LogP contribution in [-0.2, 0) is 4.79 Å². The minimum Gasteiger partial charge on any atom is -0.318 e. The zero-order valence-electron chi connectivity index (χ0n) is 8.38. The predicted octanol–water partition coefficient (Wildman–Crippen LogP) is 1.83. The number of thioether (sulfide) groups is 2. The number of hydrogen-bond acceptors (Lipinski definition) is 4. The van der Waals surface area contributed by atoms with Crippen molar-refractivity contribution in [1.82, 2.24) is 4.90 Å². The van der Waals surface area contributed by atoms with Crippen molar-refractivity contribution >= 4 is 34.5 Å². The van der Waals surface area contributed by atoms with Crippen LogP contribution in [0.4, 0.5) is 0 Å². The van der Waals surface area contributed by atoms with Crippen molar-refractivity contribution in [3.63, 3.8) is 0 Å². The first kappa shape index (κ1) is 10.2. The van der Waals surface area contributed by atoms with E-state index in [2.05, 4.69) is 0 Å². The topological polar surface area (TPSA) is 37.4 Å². The largest absolute Gasteiger partial charge is 0.318 e. The fourth-order valence-corrected chi connectivity index (χ4v) is 4.14. The molecular formula is C11H9NO2S2. The summed E-state index contributed by atoms with van der Waals surface area (Å²) in [5.74, 6) is 1.35. The Morgan fingerprint density at radius 2 is 2.06 bits per heavy atom. The van der Waals surface area contributed by atoms with Crippen LogP contribution in [0.2, 0.25) is 0 Å². The van der Waals surface area contributed by atoms with E-state index in [1.54, 1.807) is 22.7 Å². The molecule has 0 spiro atoms. The lowest BCUT2D eigenvalue weighted by Gasteiger charge is -2.18. The number of fused-ring (bicyclic) bond motifs is 2. The van der Waals surface area contributed by atoms with Crippen molar-refractivity contribution in [3.8, 4) is 0 Å². The van der Waals surface area contributed by atoms with Gasteiger partial charge in [-0.25, -0.2) is 0 Å². The van der Waals surface area contributed by atoms with E-state index in [9.17, 15) is 9.59 Å². The highest BCUT2D eigenvalue weighted by atomic mass is 32.2. The van der Waals surface area contributed by atoms with Crippen LogP contribution < -0.4 is 0 Å². The monoisotopic (exact) mass is 251 g/mol. The Bertz CT molecular complexity index is 475. The minimum absolute atomic E-state index is 0.0102. The minimum atomic E-state index is -0.241. The summed E-state index contributed by atoms with van der Waals surface area (Å²) in [5, 5.41) is 0.0864. The summed E-state index contributed by atoms with van der Waals surface area (Å²) in [5.41, 5.74) is 0.658. The molecule has 5 heteroatoms. The second kappa shape index (κ2) is 3.82. The summed E-state index contributed by atoms with van der Waals surface area (Å²) in [7, 11) is 0. The van der Waals surface area contributed by atoms with E-state index in [4.69, 9.17) is 0 Å². The van der Waals surface area contributed by atoms with Gasteiger partial charge in [0.1, 0.15) is 6.04 Å². The molecule has 1 unspecified atom stereocenters. The molecule has 0 N–H and O–H groups in total. The van der Waals surface area contributed by atoms with Gasteiger partial charge in [-0.2, -0.15) is 0 Å². The molecule has 1 amide bonds. The molecule has 0 bridgehead atoms. The average molecular weight is 251 g/mol. The lowest BCUT2D eigenvalue weighted by Crippen LogP contribution is -2.39. The standard InChI is InChI=1S/C11H9NO2S2/c13-10-7-3-1-2-4-9(7)16-11(14)8-5-15-6-12(8)10/h1-4,8H,5-6H2. The fraction of sp³-hybridized carbons (Fsp3) is 0.273. The molecule has 82 valence electrons. The van der Waals surface area contributed by atoms with E-state index in [1.807, 2.05) is 18.2 Å². The summed E-state index contributed by atoms with van der Waals surface area (Å²) < 4.78 is 0. The van der Waals surface area contributed by atoms with Crippen LogP contribution in [0.5, 0.6) is 0 Å². The van der Waals surface area contributed by atoms with E-state index in [1.165, 1.54) is 11.8 Å². The fourth-order valence-electron chi connectivity index (χ4n) is 1.90. The van der Waals surface area contributed by atoms with Crippen LogP contribution in [0, 0.1) is 0 Å². The maximum atomic E-state index is 12.2. The Balaban J connectivity index is 2.11. The van der Waals surface area contributed by atoms with E-state index >= 15 is 0 Å². The molecule has 0 aromatic heterocycles. The van der Waals surface area contributed by atoms with Gasteiger partial charge in [0, 0.05) is 10.6 Å². The summed E-state index contributed by atoms with van der Waals surface area (Å²) in [6.45, 7) is 0. The molecule has 1 saturated heterocycles. The van der Waals surface area contributed by atoms with Crippen LogP contribution in [0.25, 0.3) is 0 Å². The molecule has 2 heterocycles. The number of benzene rings is 1. The molecule has 1 fully saturated rings. The normalized spacial score (nSPS) is 24.0. The van der Waals surface area contributed by atoms with Gasteiger partial charge in [0.2, 0.25) is 5.12 Å². The second-order valence-corrected chi connectivity index (χ2v) is 5.75. The van der Waals surface area contributed by atoms with Gasteiger partial charge >= 0.3 is 0 Å². The molecule has 2 aliphatic heterocycles. The van der Waals surface area contributed by atoms with E-state index < -0.39 is 0 Å². The second-order valence-electron chi connectivity index (χ2n) is 3.71. The number of rotatable bonds is 0. The van der Waals surface area contributed by atoms with Crippen molar-refractivity contribution in [2.45, 2.75) is 10.9 Å². The first-order chi connectivity index (χ1) is 7.77. The van der Waals surface area contributed by atoms with Crippen molar-refractivity contribution in [1.29, 1.82) is 0 Å². The smallest absolute Gasteiger partial charge is 0.256 e. The first-order valence-electron chi connectivity index (χ1n) is 4.97. The highest BCUT2D eigenvalue weighted by molar-refractivity contribution is 8.14. The molecule has 1 atom stereocenters. The third-order valence-corrected chi connectivity index (χ3v) is 4.80. The molecule has 0 saturated carbocycles. The maximum Gasteiger partial charge on any atom is 0.256 e. The molecule has 1 aromatic carbocycles. The molecule has 3 nitrogen and oxygen atoms in total. The molecule has 2 aliphatic rings. The van der Waals surface area contributed by atoms with Crippen LogP contribution in [0.15, 0.2) is 29.2 Å². The van der Waals surface area contributed by atoms with Gasteiger partial charge in [0.25, 0.3) is 5.91 Å². The van der Waals surface area contributed by atoms with Gasteiger partial charge in [0.05, 0.1) is 11.4 Å². The van der Waals surface area contributed by atoms with Crippen LogP contribution in [0.3, 0.4) is 0 Å². The molecule has 3 rings (SSSR count). The average Bonchev–Trinajstić information content (AvgIpc) is 2.74. The highest BCUT2D eigenvalue weighted by Crippen LogP contribution is 2.35. The van der Waals surface area contributed by atoms with Crippen molar-refractivity contribution < 1.29 is 9.59 Å². The first-order valence-corrected chi connectivity index (χ1v) is 6.94. The quantitative estimate of drug-likeness (QED) is 0.705. The summed E-state index contributed by atoms with van der Waals surface area (Å²) >= 11 is 2.84. The SMILES string of the molecule is O=C1Sc2ccccc2C(=O)N2CSCC12. The van der Waals surface area contributed by atoms with Gasteiger partial charge in [-0.15, -0.1) is 11.8 Å². The Labute approximate surface area is 102 Å². The lowest BCUT2D eigenvalue weighted by molar-refractivity contribution is -0.113. The van der Waals surface area contributed by atoms with Gasteiger partial charge in [-0.1, -0.05) is 12.1 Å². The van der Waals surface area contributed by atoms with Gasteiger partial charge < -0.3 is 4.90 Å². The lowest BCUT2D eigenvalue weighted by atomic mass is 10.2. The third kappa shape index (κ3) is 1.46. The number of amides is 1. The number of carbonyl (C=O) groups is 2. The number of hydrogen-bond donors (Lipinski definition) is 0. The summed E-state index contributed by atoms with van der Waals surface area (Å²) in [6.07, 6.45) is 0. The van der Waals surface area contributed by atoms with Crippen LogP contribution in [0.1, 0.15) is 10.4 Å². The van der Waals surface area contributed by atoms with Crippen molar-refractivity contribution in [2.75, 3.05) is 11.6 Å². The van der Waals surface area contributed by atoms with Crippen LogP contribution >= 0.6 is 23.5 Å². The molecule has 1 aromatic rings. The van der Waals surface area contributed by atoms with Gasteiger partial charge in [0.15, 0.2) is 0 Å². The Morgan fingerprint density at radius 1 is 1.25 bits per heavy atom. The van der Waals surface area contributed by atoms with Gasteiger partial charge in [-0.05, 0) is 23.9 Å². The van der Waals surface area contributed by atoms with E-state index in [0.717, 1.165) is 10.6 Å². The Morgan fingerprint density at radius 3 is 2.94 bits per heavy atom. The Kier molecular flexibility index (Phi) is 2.44. The zero-order chi connectivity index (χ0) is 11.1. The molecular weight excluding hydrogens is 242 g/mol. The van der Waals surface area contributed by atoms with Crippen LogP contribution in [-0.4, -0.2) is 33.6 Å². The summed E-state index contributed by atoms with van der Waals surface area (Å²) in [6, 6.07) is 7.09. The van der Waals surface area contributed by atoms with E-state index in [-0.39, 0.29) is 17.1 Å². The van der Waals surface area contributed by atoms with E-state index in [0.29, 0.717) is 11.4 Å². The predicted molar refractivity (Wildman–Crippen MR) is 64.6 cm³/mol. The highest BCUT2D eigenvalue weighted by Gasteiger charge is 2.39. The third-order valence-electron chi connectivity index (χ3n) is 2.74. The number of carbonyl (C=O) groups excluding carboxylic acids is 2. The van der Waals surface area contributed by atoms with Gasteiger partial charge in [-0.3, -0.25) is 9.59 Å². The van der Waals surface area contributed by atoms with Crippen molar-refractivity contribution in [3.05, 3.63) is 29.8 Å². The number of nitrogens with zero attached hydrogens (tertiary/aromatic N) is 1. The maximum absolute atomic E-state index is 12.2. The zero-order valence-corrected chi connectivity index (χ0v) is 10.0. The molecule has 0 aliphatic carbocycles. The molecule has 0 radical (unpaired) electrons. The molecule has 16 heavy (non-hydrogen) atoms. The van der Waals surface area contributed by atoms with Crippen molar-refractivity contribution in [2.24, 2.45) is 0 Å².